The standard InChI is InChI=1S/C21H23ClN6/c1-21(2)20-26-25-19(28(20)17-7-6-15(22)13-16(17)24-21)14-8-11-27(12-9-14)18-5-3-4-10-23-18/h3-7,10,13-14,24H,8-9,11-12H2,1-2H3. The van der Waals surface area contributed by atoms with Gasteiger partial charge in [-0.3, -0.25) is 4.57 Å². The van der Waals surface area contributed by atoms with Gasteiger partial charge in [-0.05, 0) is 57.0 Å². The Balaban J connectivity index is 1.47. The van der Waals surface area contributed by atoms with Gasteiger partial charge in [-0.15, -0.1) is 10.2 Å². The number of halogens is 1. The highest BCUT2D eigenvalue weighted by molar-refractivity contribution is 6.31. The van der Waals surface area contributed by atoms with Gasteiger partial charge in [-0.25, -0.2) is 4.98 Å². The molecule has 2 aliphatic heterocycles. The molecule has 0 bridgehead atoms. The molecule has 0 saturated carbocycles. The zero-order valence-corrected chi connectivity index (χ0v) is 16.8. The van der Waals surface area contributed by atoms with Gasteiger partial charge >= 0.3 is 0 Å². The van der Waals surface area contributed by atoms with Crippen molar-refractivity contribution in [1.82, 2.24) is 19.7 Å². The fraction of sp³-hybridized carbons (Fsp3) is 0.381. The molecular weight excluding hydrogens is 372 g/mol. The van der Waals surface area contributed by atoms with Crippen molar-refractivity contribution in [1.29, 1.82) is 0 Å². The van der Waals surface area contributed by atoms with Gasteiger partial charge in [0.25, 0.3) is 0 Å². The Labute approximate surface area is 169 Å². The van der Waals surface area contributed by atoms with Crippen LogP contribution >= 0.6 is 11.6 Å². The van der Waals surface area contributed by atoms with Crippen LogP contribution in [0.1, 0.15) is 44.3 Å². The highest BCUT2D eigenvalue weighted by atomic mass is 35.5. The number of aromatic nitrogens is 4. The van der Waals surface area contributed by atoms with Crippen LogP contribution in [0.25, 0.3) is 5.69 Å². The van der Waals surface area contributed by atoms with E-state index in [9.17, 15) is 0 Å². The van der Waals surface area contributed by atoms with Crippen LogP contribution in [0.5, 0.6) is 0 Å². The number of benzene rings is 1. The van der Waals surface area contributed by atoms with Gasteiger partial charge in [-0.2, -0.15) is 0 Å². The number of hydrogen-bond acceptors (Lipinski definition) is 5. The van der Waals surface area contributed by atoms with Crippen molar-refractivity contribution in [2.75, 3.05) is 23.3 Å². The quantitative estimate of drug-likeness (QED) is 0.699. The Hall–Kier alpha value is -2.60. The predicted molar refractivity (Wildman–Crippen MR) is 111 cm³/mol. The van der Waals surface area contributed by atoms with Gasteiger partial charge in [0.1, 0.15) is 11.6 Å². The number of piperidine rings is 1. The van der Waals surface area contributed by atoms with E-state index >= 15 is 0 Å². The molecular formula is C21H23ClN6. The van der Waals surface area contributed by atoms with Crippen molar-refractivity contribution < 1.29 is 0 Å². The lowest BCUT2D eigenvalue weighted by Crippen LogP contribution is -2.37. The Morgan fingerprint density at radius 1 is 1.11 bits per heavy atom. The highest BCUT2D eigenvalue weighted by Crippen LogP contribution is 2.40. The number of rotatable bonds is 2. The zero-order valence-electron chi connectivity index (χ0n) is 16.1. The molecule has 0 unspecified atom stereocenters. The van der Waals surface area contributed by atoms with E-state index in [4.69, 9.17) is 11.6 Å². The number of pyridine rings is 1. The van der Waals surface area contributed by atoms with Gasteiger partial charge in [-0.1, -0.05) is 17.7 Å². The predicted octanol–water partition coefficient (Wildman–Crippen LogP) is 4.36. The molecule has 4 heterocycles. The summed E-state index contributed by atoms with van der Waals surface area (Å²) in [6.45, 7) is 6.20. The Morgan fingerprint density at radius 2 is 1.93 bits per heavy atom. The summed E-state index contributed by atoms with van der Waals surface area (Å²) >= 11 is 6.24. The van der Waals surface area contributed by atoms with Gasteiger partial charge in [0.2, 0.25) is 0 Å². The van der Waals surface area contributed by atoms with Crippen LogP contribution in [0.15, 0.2) is 42.6 Å². The molecule has 1 fully saturated rings. The maximum absolute atomic E-state index is 6.24. The second kappa shape index (κ2) is 6.48. The molecule has 0 spiro atoms. The first-order valence-electron chi connectivity index (χ1n) is 9.73. The van der Waals surface area contributed by atoms with Gasteiger partial charge in [0.15, 0.2) is 5.82 Å². The van der Waals surface area contributed by atoms with Crippen LogP contribution in [0.4, 0.5) is 11.5 Å². The summed E-state index contributed by atoms with van der Waals surface area (Å²) in [7, 11) is 0. The molecule has 2 aliphatic rings. The lowest BCUT2D eigenvalue weighted by Gasteiger charge is -2.36. The SMILES string of the molecule is CC1(C)Nc2cc(Cl)ccc2-n2c(C3CCN(c4ccccn4)CC3)nnc21. The van der Waals surface area contributed by atoms with E-state index in [1.807, 2.05) is 30.5 Å². The van der Waals surface area contributed by atoms with E-state index in [1.165, 1.54) is 0 Å². The highest BCUT2D eigenvalue weighted by Gasteiger charge is 2.37. The number of nitrogens with one attached hydrogen (secondary N) is 1. The van der Waals surface area contributed by atoms with Gasteiger partial charge in [0, 0.05) is 30.2 Å². The summed E-state index contributed by atoms with van der Waals surface area (Å²) < 4.78 is 2.24. The molecule has 3 aromatic rings. The third kappa shape index (κ3) is 2.83. The maximum Gasteiger partial charge on any atom is 0.162 e. The van der Waals surface area contributed by atoms with Crippen LogP contribution in [-0.4, -0.2) is 32.8 Å². The molecule has 0 radical (unpaired) electrons. The minimum absolute atomic E-state index is 0.308. The summed E-state index contributed by atoms with van der Waals surface area (Å²) in [4.78, 5) is 6.84. The molecule has 144 valence electrons. The van der Waals surface area contributed by atoms with Crippen LogP contribution in [0.3, 0.4) is 0 Å². The second-order valence-corrected chi connectivity index (χ2v) is 8.51. The average Bonchev–Trinajstić information content (AvgIpc) is 3.15. The fourth-order valence-electron chi connectivity index (χ4n) is 4.31. The molecule has 7 heteroatoms. The van der Waals surface area contributed by atoms with E-state index in [-0.39, 0.29) is 5.54 Å². The summed E-state index contributed by atoms with van der Waals surface area (Å²) in [5.74, 6) is 3.42. The Morgan fingerprint density at radius 3 is 2.68 bits per heavy atom. The first kappa shape index (κ1) is 17.5. The molecule has 1 aromatic carbocycles. The molecule has 1 N–H and O–H groups in total. The Bertz CT molecular complexity index is 1000. The number of fused-ring (bicyclic) bond motifs is 3. The monoisotopic (exact) mass is 394 g/mol. The van der Waals surface area contributed by atoms with Crippen molar-refractivity contribution in [3.05, 3.63) is 59.3 Å². The smallest absolute Gasteiger partial charge is 0.162 e. The van der Waals surface area contributed by atoms with Crippen LogP contribution < -0.4 is 10.2 Å². The topological polar surface area (TPSA) is 58.9 Å². The summed E-state index contributed by atoms with van der Waals surface area (Å²) in [5.41, 5.74) is 1.79. The summed E-state index contributed by atoms with van der Waals surface area (Å²) in [6.07, 6.45) is 3.92. The minimum atomic E-state index is -0.308. The normalized spacial score (nSPS) is 18.3. The molecule has 0 atom stereocenters. The van der Waals surface area contributed by atoms with Gasteiger partial charge < -0.3 is 10.2 Å². The third-order valence-corrected chi connectivity index (χ3v) is 5.96. The largest absolute Gasteiger partial charge is 0.371 e. The average molecular weight is 395 g/mol. The van der Waals surface area contributed by atoms with Crippen molar-refractivity contribution in [2.24, 2.45) is 0 Å². The fourth-order valence-corrected chi connectivity index (χ4v) is 4.48. The molecule has 0 amide bonds. The van der Waals surface area contributed by atoms with E-state index in [1.54, 1.807) is 0 Å². The van der Waals surface area contributed by atoms with Crippen molar-refractivity contribution >= 4 is 23.1 Å². The van der Waals surface area contributed by atoms with Crippen molar-refractivity contribution in [3.8, 4) is 5.69 Å². The summed E-state index contributed by atoms with van der Waals surface area (Å²) in [5, 5.41) is 13.5. The van der Waals surface area contributed by atoms with E-state index in [0.29, 0.717) is 5.92 Å². The lowest BCUT2D eigenvalue weighted by molar-refractivity contribution is 0.470. The van der Waals surface area contributed by atoms with E-state index in [0.717, 1.165) is 59.8 Å². The van der Waals surface area contributed by atoms with Crippen LogP contribution in [0.2, 0.25) is 5.02 Å². The number of anilines is 2. The molecule has 0 aliphatic carbocycles. The molecule has 5 rings (SSSR count). The molecule has 1 saturated heterocycles. The van der Waals surface area contributed by atoms with Crippen LogP contribution in [-0.2, 0) is 5.54 Å². The third-order valence-electron chi connectivity index (χ3n) is 5.73. The van der Waals surface area contributed by atoms with Crippen molar-refractivity contribution in [3.63, 3.8) is 0 Å². The first-order valence-corrected chi connectivity index (χ1v) is 10.1. The zero-order chi connectivity index (χ0) is 19.3. The molecule has 2 aromatic heterocycles. The molecule has 28 heavy (non-hydrogen) atoms. The number of nitrogens with zero attached hydrogens (tertiary/aromatic N) is 5. The summed E-state index contributed by atoms with van der Waals surface area (Å²) in [6, 6.07) is 12.0. The molecule has 6 nitrogen and oxygen atoms in total. The second-order valence-electron chi connectivity index (χ2n) is 8.08. The number of hydrogen-bond donors (Lipinski definition) is 1. The van der Waals surface area contributed by atoms with Crippen LogP contribution in [0, 0.1) is 0 Å². The van der Waals surface area contributed by atoms with E-state index in [2.05, 4.69) is 55.9 Å². The lowest BCUT2D eigenvalue weighted by atomic mass is 9.94. The van der Waals surface area contributed by atoms with Crippen molar-refractivity contribution in [2.45, 2.75) is 38.1 Å². The van der Waals surface area contributed by atoms with Gasteiger partial charge in [0.05, 0.1) is 16.9 Å². The van der Waals surface area contributed by atoms with E-state index < -0.39 is 0 Å². The minimum Gasteiger partial charge on any atom is -0.371 e. The Kier molecular flexibility index (Phi) is 4.05. The first-order chi connectivity index (χ1) is 13.5. The maximum atomic E-state index is 6.24.